The van der Waals surface area contributed by atoms with Crippen LogP contribution >= 0.6 is 0 Å². The van der Waals surface area contributed by atoms with E-state index in [9.17, 15) is 0 Å². The van der Waals surface area contributed by atoms with E-state index >= 15 is 0 Å². The fraction of sp³-hybridized carbons (Fsp3) is 0.533. The van der Waals surface area contributed by atoms with E-state index in [0.717, 1.165) is 37.2 Å². The summed E-state index contributed by atoms with van der Waals surface area (Å²) in [5.74, 6) is 0. The molecule has 0 aliphatic heterocycles. The standard InChI is InChI=1S/C15H23N5/c1-4-8-16-14(15-11-17-12(2)10-18-15)6-5-13-7-9-19-20(13)3/h7,9-11,14,16H,4-6,8H2,1-3H3. The van der Waals surface area contributed by atoms with Crippen molar-refractivity contribution >= 4 is 0 Å². The predicted octanol–water partition coefficient (Wildman–Crippen LogP) is 2.19. The van der Waals surface area contributed by atoms with E-state index in [-0.39, 0.29) is 6.04 Å². The van der Waals surface area contributed by atoms with Crippen LogP contribution < -0.4 is 5.32 Å². The Morgan fingerprint density at radius 1 is 1.30 bits per heavy atom. The van der Waals surface area contributed by atoms with Crippen molar-refractivity contribution in [3.8, 4) is 0 Å². The van der Waals surface area contributed by atoms with Crippen molar-refractivity contribution in [2.75, 3.05) is 6.54 Å². The molecule has 2 rings (SSSR count). The molecule has 0 aliphatic rings. The first-order valence-corrected chi connectivity index (χ1v) is 7.19. The monoisotopic (exact) mass is 273 g/mol. The lowest BCUT2D eigenvalue weighted by Gasteiger charge is -2.17. The predicted molar refractivity (Wildman–Crippen MR) is 79.3 cm³/mol. The number of rotatable bonds is 7. The Labute approximate surface area is 120 Å². The maximum absolute atomic E-state index is 4.51. The molecule has 108 valence electrons. The average molecular weight is 273 g/mol. The SMILES string of the molecule is CCCNC(CCc1ccnn1C)c1cnc(C)cn1. The topological polar surface area (TPSA) is 55.6 Å². The van der Waals surface area contributed by atoms with Crippen molar-refractivity contribution in [2.24, 2.45) is 7.05 Å². The highest BCUT2D eigenvalue weighted by Crippen LogP contribution is 2.16. The number of hydrogen-bond acceptors (Lipinski definition) is 4. The van der Waals surface area contributed by atoms with Crippen LogP contribution in [0, 0.1) is 6.92 Å². The summed E-state index contributed by atoms with van der Waals surface area (Å²) in [6.45, 7) is 5.12. The zero-order chi connectivity index (χ0) is 14.4. The van der Waals surface area contributed by atoms with E-state index in [1.807, 2.05) is 37.2 Å². The van der Waals surface area contributed by atoms with E-state index in [2.05, 4.69) is 33.4 Å². The Morgan fingerprint density at radius 2 is 2.15 bits per heavy atom. The van der Waals surface area contributed by atoms with E-state index < -0.39 is 0 Å². The smallest absolute Gasteiger partial charge is 0.0756 e. The lowest BCUT2D eigenvalue weighted by Crippen LogP contribution is -2.24. The second kappa shape index (κ2) is 7.14. The van der Waals surface area contributed by atoms with Crippen molar-refractivity contribution < 1.29 is 0 Å². The second-order valence-corrected chi connectivity index (χ2v) is 5.07. The van der Waals surface area contributed by atoms with Gasteiger partial charge in [0, 0.05) is 25.1 Å². The highest BCUT2D eigenvalue weighted by atomic mass is 15.2. The van der Waals surface area contributed by atoms with Crippen LogP contribution in [0.25, 0.3) is 0 Å². The van der Waals surface area contributed by atoms with E-state index in [4.69, 9.17) is 0 Å². The summed E-state index contributed by atoms with van der Waals surface area (Å²) < 4.78 is 1.93. The van der Waals surface area contributed by atoms with Gasteiger partial charge in [-0.3, -0.25) is 14.6 Å². The number of nitrogens with zero attached hydrogens (tertiary/aromatic N) is 4. The summed E-state index contributed by atoms with van der Waals surface area (Å²) in [6.07, 6.45) is 8.65. The molecule has 0 saturated carbocycles. The first kappa shape index (κ1) is 14.7. The van der Waals surface area contributed by atoms with Gasteiger partial charge < -0.3 is 5.32 Å². The Hall–Kier alpha value is -1.75. The van der Waals surface area contributed by atoms with Crippen LogP contribution in [0.4, 0.5) is 0 Å². The Balaban J connectivity index is 2.03. The van der Waals surface area contributed by atoms with Crippen molar-refractivity contribution in [2.45, 2.75) is 39.2 Å². The van der Waals surface area contributed by atoms with Crippen LogP contribution in [-0.2, 0) is 13.5 Å². The van der Waals surface area contributed by atoms with Gasteiger partial charge in [0.25, 0.3) is 0 Å². The molecule has 0 radical (unpaired) electrons. The molecule has 2 heterocycles. The quantitative estimate of drug-likeness (QED) is 0.840. The zero-order valence-electron chi connectivity index (χ0n) is 12.5. The minimum Gasteiger partial charge on any atom is -0.309 e. The second-order valence-electron chi connectivity index (χ2n) is 5.07. The molecule has 1 unspecified atom stereocenters. The summed E-state index contributed by atoms with van der Waals surface area (Å²) in [5.41, 5.74) is 3.22. The summed E-state index contributed by atoms with van der Waals surface area (Å²) in [6, 6.07) is 2.32. The molecule has 5 nitrogen and oxygen atoms in total. The largest absolute Gasteiger partial charge is 0.309 e. The van der Waals surface area contributed by atoms with Crippen LogP contribution in [-0.4, -0.2) is 26.3 Å². The molecule has 0 spiro atoms. The summed E-state index contributed by atoms with van der Waals surface area (Å²) in [7, 11) is 1.98. The highest BCUT2D eigenvalue weighted by molar-refractivity contribution is 5.08. The fourth-order valence-corrected chi connectivity index (χ4v) is 2.19. The fourth-order valence-electron chi connectivity index (χ4n) is 2.19. The van der Waals surface area contributed by atoms with Gasteiger partial charge >= 0.3 is 0 Å². The first-order chi connectivity index (χ1) is 9.70. The number of hydrogen-bond donors (Lipinski definition) is 1. The maximum Gasteiger partial charge on any atom is 0.0756 e. The Kier molecular flexibility index (Phi) is 5.24. The highest BCUT2D eigenvalue weighted by Gasteiger charge is 2.13. The normalized spacial score (nSPS) is 12.6. The average Bonchev–Trinajstić information content (AvgIpc) is 2.86. The van der Waals surface area contributed by atoms with Gasteiger partial charge in [0.15, 0.2) is 0 Å². The lowest BCUT2D eigenvalue weighted by molar-refractivity contribution is 0.480. The molecule has 0 saturated heterocycles. The molecule has 2 aromatic rings. The lowest BCUT2D eigenvalue weighted by atomic mass is 10.1. The molecule has 5 heteroatoms. The van der Waals surface area contributed by atoms with Crippen molar-refractivity contribution in [1.29, 1.82) is 0 Å². The minimum atomic E-state index is 0.248. The first-order valence-electron chi connectivity index (χ1n) is 7.19. The third-order valence-corrected chi connectivity index (χ3v) is 3.41. The van der Waals surface area contributed by atoms with Crippen molar-refractivity contribution in [3.63, 3.8) is 0 Å². The molecule has 0 aliphatic carbocycles. The number of aromatic nitrogens is 4. The van der Waals surface area contributed by atoms with E-state index in [1.54, 1.807) is 0 Å². The van der Waals surface area contributed by atoms with Gasteiger partial charge in [-0.15, -0.1) is 0 Å². The summed E-state index contributed by atoms with van der Waals surface area (Å²) in [4.78, 5) is 8.86. The molecule has 1 atom stereocenters. The van der Waals surface area contributed by atoms with Gasteiger partial charge in [-0.05, 0) is 38.8 Å². The Bertz CT molecular complexity index is 517. The van der Waals surface area contributed by atoms with Crippen LogP contribution in [0.15, 0.2) is 24.7 Å². The van der Waals surface area contributed by atoms with Gasteiger partial charge in [-0.2, -0.15) is 5.10 Å². The molecule has 0 fully saturated rings. The molecule has 1 N–H and O–H groups in total. The molecule has 20 heavy (non-hydrogen) atoms. The molecular weight excluding hydrogens is 250 g/mol. The summed E-state index contributed by atoms with van der Waals surface area (Å²) >= 11 is 0. The van der Waals surface area contributed by atoms with Gasteiger partial charge in [0.05, 0.1) is 23.6 Å². The zero-order valence-corrected chi connectivity index (χ0v) is 12.5. The van der Waals surface area contributed by atoms with Gasteiger partial charge in [0.2, 0.25) is 0 Å². The van der Waals surface area contributed by atoms with Crippen molar-refractivity contribution in [3.05, 3.63) is 41.7 Å². The third kappa shape index (κ3) is 3.87. The van der Waals surface area contributed by atoms with Crippen LogP contribution in [0.2, 0.25) is 0 Å². The molecule has 0 amide bonds. The third-order valence-electron chi connectivity index (χ3n) is 3.41. The maximum atomic E-state index is 4.51. The molecular formula is C15H23N5. The van der Waals surface area contributed by atoms with Crippen LogP contribution in [0.1, 0.15) is 42.9 Å². The van der Waals surface area contributed by atoms with Gasteiger partial charge in [0.1, 0.15) is 0 Å². The number of aryl methyl sites for hydroxylation is 3. The molecule has 2 aromatic heterocycles. The van der Waals surface area contributed by atoms with Crippen LogP contribution in [0.3, 0.4) is 0 Å². The molecule has 0 aromatic carbocycles. The van der Waals surface area contributed by atoms with E-state index in [1.165, 1.54) is 5.69 Å². The Morgan fingerprint density at radius 3 is 2.75 bits per heavy atom. The van der Waals surface area contributed by atoms with Gasteiger partial charge in [-0.1, -0.05) is 6.92 Å². The summed E-state index contributed by atoms with van der Waals surface area (Å²) in [5, 5.41) is 7.76. The minimum absolute atomic E-state index is 0.248. The van der Waals surface area contributed by atoms with E-state index in [0.29, 0.717) is 0 Å². The van der Waals surface area contributed by atoms with Crippen LogP contribution in [0.5, 0.6) is 0 Å². The number of nitrogens with one attached hydrogen (secondary N) is 1. The van der Waals surface area contributed by atoms with Crippen molar-refractivity contribution in [1.82, 2.24) is 25.1 Å². The molecule has 0 bridgehead atoms. The van der Waals surface area contributed by atoms with Gasteiger partial charge in [-0.25, -0.2) is 0 Å².